The molecule has 0 saturated carbocycles. The van der Waals surface area contributed by atoms with Gasteiger partial charge < -0.3 is 9.64 Å². The zero-order valence-electron chi connectivity index (χ0n) is 11.1. The first-order valence-corrected chi connectivity index (χ1v) is 8.53. The van der Waals surface area contributed by atoms with Gasteiger partial charge in [-0.3, -0.25) is 4.79 Å². The molecule has 1 aromatic carbocycles. The van der Waals surface area contributed by atoms with E-state index in [9.17, 15) is 13.2 Å². The van der Waals surface area contributed by atoms with Gasteiger partial charge in [0.25, 0.3) is 0 Å². The number of carbonyl (C=O) groups is 1. The molecule has 108 valence electrons. The zero-order chi connectivity index (χ0) is 14.2. The van der Waals surface area contributed by atoms with Crippen LogP contribution in [0.2, 0.25) is 0 Å². The van der Waals surface area contributed by atoms with Crippen molar-refractivity contribution in [3.05, 3.63) is 35.9 Å². The van der Waals surface area contributed by atoms with Crippen molar-refractivity contribution in [2.75, 3.05) is 24.7 Å². The third-order valence-electron chi connectivity index (χ3n) is 3.86. The van der Waals surface area contributed by atoms with Crippen LogP contribution in [0.5, 0.6) is 0 Å². The molecule has 0 aliphatic carbocycles. The predicted molar refractivity (Wildman–Crippen MR) is 74.0 cm³/mol. The minimum atomic E-state index is -3.09. The van der Waals surface area contributed by atoms with Gasteiger partial charge in [-0.05, 0) is 5.56 Å². The van der Waals surface area contributed by atoms with Gasteiger partial charge >= 0.3 is 0 Å². The zero-order valence-corrected chi connectivity index (χ0v) is 11.9. The summed E-state index contributed by atoms with van der Waals surface area (Å²) in [6.07, 6.45) is -0.0436. The summed E-state index contributed by atoms with van der Waals surface area (Å²) in [6, 6.07) is 9.19. The van der Waals surface area contributed by atoms with Crippen molar-refractivity contribution in [1.29, 1.82) is 0 Å². The van der Waals surface area contributed by atoms with Gasteiger partial charge in [0.15, 0.2) is 9.84 Å². The Morgan fingerprint density at radius 1 is 1.25 bits per heavy atom. The Morgan fingerprint density at radius 3 is 2.75 bits per heavy atom. The molecule has 2 atom stereocenters. The molecule has 0 radical (unpaired) electrons. The quantitative estimate of drug-likeness (QED) is 0.785. The molecule has 5 nitrogen and oxygen atoms in total. The van der Waals surface area contributed by atoms with Crippen LogP contribution in [-0.4, -0.2) is 56.0 Å². The molecule has 0 N–H and O–H groups in total. The Labute approximate surface area is 118 Å². The van der Waals surface area contributed by atoms with E-state index < -0.39 is 9.84 Å². The van der Waals surface area contributed by atoms with E-state index in [-0.39, 0.29) is 29.6 Å². The van der Waals surface area contributed by atoms with E-state index >= 15 is 0 Å². The van der Waals surface area contributed by atoms with Crippen LogP contribution < -0.4 is 0 Å². The second-order valence-electron chi connectivity index (χ2n) is 5.30. The lowest BCUT2D eigenvalue weighted by atomic mass is 10.1. The molecular formula is C14H17NO4S. The van der Waals surface area contributed by atoms with Crippen LogP contribution in [0.1, 0.15) is 5.56 Å². The van der Waals surface area contributed by atoms with Crippen LogP contribution in [0, 0.1) is 0 Å². The van der Waals surface area contributed by atoms with Crippen LogP contribution in [0.4, 0.5) is 0 Å². The SMILES string of the molecule is O=C(Cc1ccccc1)N1CCOC2CS(=O)(=O)CC21. The summed E-state index contributed by atoms with van der Waals surface area (Å²) in [4.78, 5) is 14.1. The van der Waals surface area contributed by atoms with E-state index in [1.807, 2.05) is 30.3 Å². The van der Waals surface area contributed by atoms with E-state index in [4.69, 9.17) is 4.74 Å². The van der Waals surface area contributed by atoms with Gasteiger partial charge in [0, 0.05) is 6.54 Å². The molecule has 20 heavy (non-hydrogen) atoms. The van der Waals surface area contributed by atoms with Crippen molar-refractivity contribution in [3.8, 4) is 0 Å². The molecule has 2 unspecified atom stereocenters. The third-order valence-corrected chi connectivity index (χ3v) is 5.54. The summed E-state index contributed by atoms with van der Waals surface area (Å²) in [5.41, 5.74) is 0.946. The first-order chi connectivity index (χ1) is 9.55. The summed E-state index contributed by atoms with van der Waals surface area (Å²) in [6.45, 7) is 0.888. The lowest BCUT2D eigenvalue weighted by Gasteiger charge is -2.36. The number of rotatable bonds is 2. The van der Waals surface area contributed by atoms with Gasteiger partial charge in [0.1, 0.15) is 0 Å². The molecule has 2 aliphatic heterocycles. The van der Waals surface area contributed by atoms with Gasteiger partial charge in [0.2, 0.25) is 5.91 Å². The minimum absolute atomic E-state index is 0.0217. The Bertz CT molecular complexity index is 599. The number of carbonyl (C=O) groups excluding carboxylic acids is 1. The van der Waals surface area contributed by atoms with Gasteiger partial charge in [-0.25, -0.2) is 8.42 Å². The molecule has 6 heteroatoms. The van der Waals surface area contributed by atoms with E-state index in [2.05, 4.69) is 0 Å². The summed E-state index contributed by atoms with van der Waals surface area (Å²) in [5, 5.41) is 0. The first-order valence-electron chi connectivity index (χ1n) is 6.70. The lowest BCUT2D eigenvalue weighted by molar-refractivity contribution is -0.142. The average molecular weight is 295 g/mol. The van der Waals surface area contributed by atoms with Gasteiger partial charge in [-0.15, -0.1) is 0 Å². The van der Waals surface area contributed by atoms with E-state index in [1.54, 1.807) is 4.90 Å². The smallest absolute Gasteiger partial charge is 0.227 e. The topological polar surface area (TPSA) is 63.7 Å². The van der Waals surface area contributed by atoms with Gasteiger partial charge in [0.05, 0.1) is 36.7 Å². The molecule has 2 fully saturated rings. The van der Waals surface area contributed by atoms with Crippen molar-refractivity contribution in [2.45, 2.75) is 18.6 Å². The van der Waals surface area contributed by atoms with E-state index in [0.717, 1.165) is 5.56 Å². The molecule has 1 aromatic rings. The molecule has 0 aromatic heterocycles. The Hall–Kier alpha value is -1.40. The maximum Gasteiger partial charge on any atom is 0.227 e. The molecule has 2 aliphatic rings. The van der Waals surface area contributed by atoms with Crippen molar-refractivity contribution in [1.82, 2.24) is 4.90 Å². The van der Waals surface area contributed by atoms with Crippen molar-refractivity contribution < 1.29 is 17.9 Å². The number of nitrogens with zero attached hydrogens (tertiary/aromatic N) is 1. The Balaban J connectivity index is 1.74. The average Bonchev–Trinajstić information content (AvgIpc) is 2.73. The van der Waals surface area contributed by atoms with Crippen molar-refractivity contribution in [3.63, 3.8) is 0 Å². The molecule has 2 heterocycles. The fraction of sp³-hybridized carbons (Fsp3) is 0.500. The van der Waals surface area contributed by atoms with Crippen LogP contribution in [-0.2, 0) is 25.8 Å². The minimum Gasteiger partial charge on any atom is -0.373 e. The molecule has 2 saturated heterocycles. The number of fused-ring (bicyclic) bond motifs is 1. The fourth-order valence-electron chi connectivity index (χ4n) is 2.90. The highest BCUT2D eigenvalue weighted by Gasteiger charge is 2.45. The number of benzene rings is 1. The summed E-state index contributed by atoms with van der Waals surface area (Å²) < 4.78 is 28.9. The second-order valence-corrected chi connectivity index (χ2v) is 7.46. The highest BCUT2D eigenvalue weighted by Crippen LogP contribution is 2.25. The highest BCUT2D eigenvalue weighted by atomic mass is 32.2. The number of amides is 1. The largest absolute Gasteiger partial charge is 0.373 e. The first kappa shape index (κ1) is 13.6. The predicted octanol–water partition coefficient (Wildman–Crippen LogP) is 0.253. The van der Waals surface area contributed by atoms with E-state index in [1.165, 1.54) is 0 Å². The lowest BCUT2D eigenvalue weighted by Crippen LogP contribution is -2.53. The number of hydrogen-bond acceptors (Lipinski definition) is 4. The van der Waals surface area contributed by atoms with Gasteiger partial charge in [-0.2, -0.15) is 0 Å². The maximum absolute atomic E-state index is 12.4. The summed E-state index contributed by atoms with van der Waals surface area (Å²) in [7, 11) is -3.09. The highest BCUT2D eigenvalue weighted by molar-refractivity contribution is 7.91. The van der Waals surface area contributed by atoms with E-state index in [0.29, 0.717) is 19.6 Å². The van der Waals surface area contributed by atoms with Crippen molar-refractivity contribution in [2.24, 2.45) is 0 Å². The molecule has 1 amide bonds. The maximum atomic E-state index is 12.4. The molecular weight excluding hydrogens is 278 g/mol. The van der Waals surface area contributed by atoms with Crippen molar-refractivity contribution >= 4 is 15.7 Å². The number of ether oxygens (including phenoxy) is 1. The van der Waals surface area contributed by atoms with Gasteiger partial charge in [-0.1, -0.05) is 30.3 Å². The molecule has 3 rings (SSSR count). The molecule has 0 bridgehead atoms. The van der Waals surface area contributed by atoms with Crippen LogP contribution in [0.25, 0.3) is 0 Å². The Morgan fingerprint density at radius 2 is 2.00 bits per heavy atom. The Kier molecular flexibility index (Phi) is 3.52. The second kappa shape index (κ2) is 5.18. The monoisotopic (exact) mass is 295 g/mol. The van der Waals surface area contributed by atoms with Crippen LogP contribution in [0.3, 0.4) is 0 Å². The third kappa shape index (κ3) is 2.71. The van der Waals surface area contributed by atoms with Crippen LogP contribution in [0.15, 0.2) is 30.3 Å². The summed E-state index contributed by atoms with van der Waals surface area (Å²) in [5.74, 6) is 0.0388. The standard InChI is InChI=1S/C14H17NO4S/c16-14(8-11-4-2-1-3-5-11)15-6-7-19-13-10-20(17,18)9-12(13)15/h1-5,12-13H,6-10H2. The number of hydrogen-bond donors (Lipinski definition) is 0. The number of sulfone groups is 1. The molecule has 0 spiro atoms. The summed E-state index contributed by atoms with van der Waals surface area (Å²) >= 11 is 0. The number of morpholine rings is 1. The normalized spacial score (nSPS) is 28.1. The fourth-order valence-corrected chi connectivity index (χ4v) is 4.77. The van der Waals surface area contributed by atoms with Crippen LogP contribution >= 0.6 is 0 Å².